The van der Waals surface area contributed by atoms with Crippen molar-refractivity contribution in [2.24, 2.45) is 29.1 Å². The summed E-state index contributed by atoms with van der Waals surface area (Å²) < 4.78 is 0. The van der Waals surface area contributed by atoms with E-state index in [0.717, 1.165) is 34.7 Å². The number of nitrogens with zero attached hydrogens (tertiary/aromatic N) is 2. The molecule has 6 rings (SSSR count). The van der Waals surface area contributed by atoms with Gasteiger partial charge in [0.1, 0.15) is 0 Å². The summed E-state index contributed by atoms with van der Waals surface area (Å²) in [6.45, 7) is 5.20. The molecule has 0 amide bonds. The molecule has 0 radical (unpaired) electrons. The highest BCUT2D eigenvalue weighted by Gasteiger charge is 2.59. The molecule has 2 nitrogen and oxygen atoms in total. The number of fused-ring (bicyclic) bond motifs is 8. The minimum atomic E-state index is 0.255. The first-order chi connectivity index (χ1) is 13.1. The van der Waals surface area contributed by atoms with Crippen LogP contribution in [0.1, 0.15) is 76.6 Å². The minimum Gasteiger partial charge on any atom is -0.249 e. The summed E-state index contributed by atoms with van der Waals surface area (Å²) in [7, 11) is 0. The average Bonchev–Trinajstić information content (AvgIpc) is 2.97. The van der Waals surface area contributed by atoms with E-state index in [2.05, 4.69) is 38.1 Å². The van der Waals surface area contributed by atoms with Crippen LogP contribution < -0.4 is 0 Å². The summed E-state index contributed by atoms with van der Waals surface area (Å²) in [6, 6.07) is 8.46. The van der Waals surface area contributed by atoms with Gasteiger partial charge in [0, 0.05) is 5.41 Å². The Morgan fingerprint density at radius 1 is 0.852 bits per heavy atom. The van der Waals surface area contributed by atoms with Crippen molar-refractivity contribution in [3.63, 3.8) is 0 Å². The third kappa shape index (κ3) is 2.13. The molecule has 2 unspecified atom stereocenters. The van der Waals surface area contributed by atoms with Crippen LogP contribution in [0.25, 0.3) is 11.0 Å². The van der Waals surface area contributed by atoms with E-state index in [1.165, 1.54) is 69.2 Å². The molecule has 0 saturated heterocycles. The highest BCUT2D eigenvalue weighted by atomic mass is 14.9. The van der Waals surface area contributed by atoms with Crippen LogP contribution in [0.4, 0.5) is 0 Å². The molecule has 1 aromatic heterocycles. The van der Waals surface area contributed by atoms with Crippen molar-refractivity contribution in [1.82, 2.24) is 9.97 Å². The second kappa shape index (κ2) is 5.55. The molecular weight excluding hydrogens is 328 g/mol. The smallest absolute Gasteiger partial charge is 0.0890 e. The molecule has 0 bridgehead atoms. The topological polar surface area (TPSA) is 25.8 Å². The lowest BCUT2D eigenvalue weighted by Gasteiger charge is -2.59. The highest BCUT2D eigenvalue weighted by molar-refractivity contribution is 5.74. The molecule has 3 fully saturated rings. The molecule has 142 valence electrons. The van der Waals surface area contributed by atoms with Gasteiger partial charge in [-0.3, -0.25) is 0 Å². The first-order valence-electron chi connectivity index (χ1n) is 11.4. The fourth-order valence-corrected chi connectivity index (χ4v) is 8.13. The maximum absolute atomic E-state index is 5.19. The molecule has 4 aliphatic rings. The lowest BCUT2D eigenvalue weighted by Crippen LogP contribution is -2.53. The molecule has 1 aromatic carbocycles. The van der Waals surface area contributed by atoms with Crippen LogP contribution in [-0.2, 0) is 11.8 Å². The fourth-order valence-electron chi connectivity index (χ4n) is 8.13. The number of hydrogen-bond acceptors (Lipinski definition) is 2. The summed E-state index contributed by atoms with van der Waals surface area (Å²) >= 11 is 0. The first-order valence-corrected chi connectivity index (χ1v) is 11.4. The minimum absolute atomic E-state index is 0.255. The summed E-state index contributed by atoms with van der Waals surface area (Å²) in [5.74, 6) is 3.60. The molecule has 2 aromatic rings. The van der Waals surface area contributed by atoms with Crippen molar-refractivity contribution in [1.29, 1.82) is 0 Å². The van der Waals surface area contributed by atoms with Gasteiger partial charge in [0.2, 0.25) is 0 Å². The summed E-state index contributed by atoms with van der Waals surface area (Å²) in [6.07, 6.45) is 12.8. The third-order valence-electron chi connectivity index (χ3n) is 9.57. The molecule has 2 heteroatoms. The summed E-state index contributed by atoms with van der Waals surface area (Å²) in [5.41, 5.74) is 5.70. The van der Waals surface area contributed by atoms with E-state index < -0.39 is 0 Å². The molecule has 4 aliphatic carbocycles. The predicted molar refractivity (Wildman–Crippen MR) is 110 cm³/mol. The lowest BCUT2D eigenvalue weighted by molar-refractivity contribution is -0.0908. The van der Waals surface area contributed by atoms with Crippen LogP contribution in [-0.4, -0.2) is 9.97 Å². The van der Waals surface area contributed by atoms with Gasteiger partial charge in [0.25, 0.3) is 0 Å². The van der Waals surface area contributed by atoms with E-state index in [-0.39, 0.29) is 5.41 Å². The Balaban J connectivity index is 1.41. The molecule has 0 spiro atoms. The van der Waals surface area contributed by atoms with Crippen molar-refractivity contribution in [3.8, 4) is 0 Å². The standard InChI is InChI=1S/C25H32N2/c1-24-13-6-5-7-16(24)10-11-17-18(24)12-14-25(2)19(17)15-22-23(25)27-21-9-4-3-8-20(21)26-22/h3-4,8-9,16-19H,5-7,10-15H2,1-2H3/t16-,17?,18?,19+,24+,25+/m1/s1. The van der Waals surface area contributed by atoms with Gasteiger partial charge in [0.05, 0.1) is 22.4 Å². The van der Waals surface area contributed by atoms with Gasteiger partial charge >= 0.3 is 0 Å². The molecule has 0 N–H and O–H groups in total. The van der Waals surface area contributed by atoms with Crippen LogP contribution in [0.3, 0.4) is 0 Å². The number of para-hydroxylation sites is 2. The zero-order chi connectivity index (χ0) is 18.2. The monoisotopic (exact) mass is 360 g/mol. The highest BCUT2D eigenvalue weighted by Crippen LogP contribution is 2.65. The Bertz CT molecular complexity index is 904. The zero-order valence-corrected chi connectivity index (χ0v) is 16.9. The van der Waals surface area contributed by atoms with Crippen molar-refractivity contribution < 1.29 is 0 Å². The largest absolute Gasteiger partial charge is 0.249 e. The SMILES string of the molecule is C[C@]12CCC3C(CC[C@H]4CCCC[C@]34C)[C@@H]1Cc1nc3ccccc3nc12. The van der Waals surface area contributed by atoms with E-state index >= 15 is 0 Å². The van der Waals surface area contributed by atoms with Crippen molar-refractivity contribution >= 4 is 11.0 Å². The van der Waals surface area contributed by atoms with E-state index in [4.69, 9.17) is 9.97 Å². The first kappa shape index (κ1) is 16.5. The number of aromatic nitrogens is 2. The Kier molecular flexibility index (Phi) is 3.39. The Morgan fingerprint density at radius 3 is 2.52 bits per heavy atom. The van der Waals surface area contributed by atoms with Gasteiger partial charge in [0.15, 0.2) is 0 Å². The quantitative estimate of drug-likeness (QED) is 0.569. The molecular formula is C25H32N2. The van der Waals surface area contributed by atoms with Crippen LogP contribution in [0.2, 0.25) is 0 Å². The maximum Gasteiger partial charge on any atom is 0.0890 e. The maximum atomic E-state index is 5.19. The summed E-state index contributed by atoms with van der Waals surface area (Å²) in [4.78, 5) is 10.3. The Labute approximate surface area is 163 Å². The Hall–Kier alpha value is -1.44. The molecule has 0 aliphatic heterocycles. The van der Waals surface area contributed by atoms with E-state index in [9.17, 15) is 0 Å². The van der Waals surface area contributed by atoms with E-state index in [1.54, 1.807) is 0 Å². The predicted octanol–water partition coefficient (Wildman–Crippen LogP) is 6.08. The number of hydrogen-bond donors (Lipinski definition) is 0. The van der Waals surface area contributed by atoms with Crippen LogP contribution >= 0.6 is 0 Å². The van der Waals surface area contributed by atoms with Gasteiger partial charge < -0.3 is 0 Å². The molecule has 6 atom stereocenters. The van der Waals surface area contributed by atoms with Crippen LogP contribution in [0.5, 0.6) is 0 Å². The van der Waals surface area contributed by atoms with Crippen LogP contribution in [0, 0.1) is 29.1 Å². The van der Waals surface area contributed by atoms with Gasteiger partial charge in [-0.2, -0.15) is 0 Å². The zero-order valence-electron chi connectivity index (χ0n) is 16.9. The second-order valence-electron chi connectivity index (χ2n) is 10.6. The molecule has 3 saturated carbocycles. The molecule has 27 heavy (non-hydrogen) atoms. The van der Waals surface area contributed by atoms with Crippen LogP contribution in [0.15, 0.2) is 24.3 Å². The number of benzene rings is 1. The fraction of sp³-hybridized carbons (Fsp3) is 0.680. The van der Waals surface area contributed by atoms with Gasteiger partial charge in [-0.15, -0.1) is 0 Å². The third-order valence-corrected chi connectivity index (χ3v) is 9.57. The lowest BCUT2D eigenvalue weighted by atomic mass is 9.45. The second-order valence-corrected chi connectivity index (χ2v) is 10.6. The van der Waals surface area contributed by atoms with Gasteiger partial charge in [-0.1, -0.05) is 38.8 Å². The van der Waals surface area contributed by atoms with E-state index in [0.29, 0.717) is 5.41 Å². The van der Waals surface area contributed by atoms with Crippen molar-refractivity contribution in [2.45, 2.75) is 77.0 Å². The normalized spacial score (nSPS) is 42.9. The van der Waals surface area contributed by atoms with E-state index in [1.807, 2.05) is 0 Å². The average molecular weight is 361 g/mol. The Morgan fingerprint density at radius 2 is 1.67 bits per heavy atom. The summed E-state index contributed by atoms with van der Waals surface area (Å²) in [5, 5.41) is 0. The van der Waals surface area contributed by atoms with Gasteiger partial charge in [-0.05, 0) is 86.2 Å². The molecule has 1 heterocycles. The van der Waals surface area contributed by atoms with Crippen molar-refractivity contribution in [2.75, 3.05) is 0 Å². The number of rotatable bonds is 0. The van der Waals surface area contributed by atoms with Gasteiger partial charge in [-0.25, -0.2) is 9.97 Å². The van der Waals surface area contributed by atoms with Crippen molar-refractivity contribution in [3.05, 3.63) is 35.7 Å².